The van der Waals surface area contributed by atoms with E-state index < -0.39 is 5.54 Å². The highest BCUT2D eigenvalue weighted by Crippen LogP contribution is 2.31. The number of fused-ring (bicyclic) bond motifs is 2. The normalized spacial score (nSPS) is 13.8. The Bertz CT molecular complexity index is 1270. The van der Waals surface area contributed by atoms with E-state index in [4.69, 9.17) is 0 Å². The molecule has 1 aliphatic rings. The Morgan fingerprint density at radius 3 is 2.50 bits per heavy atom. The summed E-state index contributed by atoms with van der Waals surface area (Å²) in [5, 5.41) is 14.0. The van der Waals surface area contributed by atoms with E-state index in [0.717, 1.165) is 22.8 Å². The van der Waals surface area contributed by atoms with E-state index in [-0.39, 0.29) is 11.8 Å². The zero-order valence-electron chi connectivity index (χ0n) is 18.9. The van der Waals surface area contributed by atoms with E-state index in [2.05, 4.69) is 31.3 Å². The number of rotatable bonds is 4. The molecule has 4 rings (SSSR count). The summed E-state index contributed by atoms with van der Waals surface area (Å²) in [4.78, 5) is 28.3. The highest BCUT2D eigenvalue weighted by atomic mass is 16.2. The first-order valence-electron chi connectivity index (χ1n) is 10.9. The number of benzene rings is 3. The molecule has 2 amide bonds. The van der Waals surface area contributed by atoms with Gasteiger partial charge in [0, 0.05) is 28.6 Å². The van der Waals surface area contributed by atoms with Crippen LogP contribution in [0.5, 0.6) is 0 Å². The highest BCUT2D eigenvalue weighted by Gasteiger charge is 2.40. The molecule has 0 atom stereocenters. The summed E-state index contributed by atoms with van der Waals surface area (Å²) in [6.45, 7) is 8.32. The Labute approximate surface area is 188 Å². The third-order valence-electron chi connectivity index (χ3n) is 6.40. The summed E-state index contributed by atoms with van der Waals surface area (Å²) in [7, 11) is 0. The molecule has 1 N–H and O–H groups in total. The van der Waals surface area contributed by atoms with E-state index in [9.17, 15) is 14.9 Å². The molecule has 0 unspecified atom stereocenters. The minimum Gasteiger partial charge on any atom is -0.324 e. The molecule has 0 aromatic heterocycles. The topological polar surface area (TPSA) is 73.2 Å². The van der Waals surface area contributed by atoms with Gasteiger partial charge in [0.1, 0.15) is 5.54 Å². The quantitative estimate of drug-likeness (QED) is 0.620. The Morgan fingerprint density at radius 2 is 1.81 bits per heavy atom. The number of carbonyl (C=O) groups excluding carboxylic acids is 2. The molecule has 3 aromatic rings. The maximum absolute atomic E-state index is 13.4. The summed E-state index contributed by atoms with van der Waals surface area (Å²) in [5.41, 5.74) is 3.08. The van der Waals surface area contributed by atoms with Gasteiger partial charge in [0.25, 0.3) is 5.91 Å². The Morgan fingerprint density at radius 1 is 1.09 bits per heavy atom. The second-order valence-electron chi connectivity index (χ2n) is 9.11. The molecule has 0 radical (unpaired) electrons. The van der Waals surface area contributed by atoms with Gasteiger partial charge >= 0.3 is 0 Å². The van der Waals surface area contributed by atoms with Crippen molar-refractivity contribution in [2.75, 3.05) is 11.9 Å². The van der Waals surface area contributed by atoms with E-state index in [0.29, 0.717) is 29.3 Å². The van der Waals surface area contributed by atoms with Gasteiger partial charge in [-0.1, -0.05) is 50.2 Å². The zero-order valence-corrected chi connectivity index (χ0v) is 18.9. The Hall–Kier alpha value is -3.65. The van der Waals surface area contributed by atoms with Crippen LogP contribution in [0.4, 0.5) is 5.69 Å². The minimum atomic E-state index is -1.04. The van der Waals surface area contributed by atoms with Crippen molar-refractivity contribution in [2.45, 2.75) is 45.6 Å². The van der Waals surface area contributed by atoms with Gasteiger partial charge < -0.3 is 10.2 Å². The average Bonchev–Trinajstić information content (AvgIpc) is 2.79. The number of nitrogens with one attached hydrogen (secondary N) is 1. The molecule has 162 valence electrons. The lowest BCUT2D eigenvalue weighted by atomic mass is 9.89. The van der Waals surface area contributed by atoms with Crippen molar-refractivity contribution in [1.29, 1.82) is 5.26 Å². The van der Waals surface area contributed by atoms with E-state index in [1.165, 1.54) is 5.56 Å². The van der Waals surface area contributed by atoms with Gasteiger partial charge in [-0.15, -0.1) is 0 Å². The molecule has 0 aliphatic carbocycles. The Balaban J connectivity index is 1.62. The fourth-order valence-corrected chi connectivity index (χ4v) is 4.30. The van der Waals surface area contributed by atoms with Crippen LogP contribution in [0.1, 0.15) is 60.7 Å². The molecule has 0 saturated heterocycles. The van der Waals surface area contributed by atoms with Crippen molar-refractivity contribution in [1.82, 2.24) is 4.90 Å². The van der Waals surface area contributed by atoms with Gasteiger partial charge in [0.15, 0.2) is 0 Å². The number of amides is 2. The molecule has 1 aliphatic heterocycles. The van der Waals surface area contributed by atoms with Crippen LogP contribution in [0.15, 0.2) is 54.6 Å². The fraction of sp³-hybridized carbons (Fsp3) is 0.296. The first kappa shape index (κ1) is 21.6. The predicted octanol–water partition coefficient (Wildman–Crippen LogP) is 5.25. The molecule has 0 saturated carbocycles. The number of hydrogen-bond donors (Lipinski definition) is 1. The summed E-state index contributed by atoms with van der Waals surface area (Å²) in [5.74, 6) is 0.0206. The molecule has 0 fully saturated rings. The molecular formula is C27H27N3O2. The summed E-state index contributed by atoms with van der Waals surface area (Å²) >= 11 is 0. The maximum Gasteiger partial charge on any atom is 0.255 e. The van der Waals surface area contributed by atoms with Crippen molar-refractivity contribution >= 4 is 28.3 Å². The van der Waals surface area contributed by atoms with Crippen LogP contribution in [-0.4, -0.2) is 28.8 Å². The third kappa shape index (κ3) is 3.62. The van der Waals surface area contributed by atoms with Crippen molar-refractivity contribution in [3.05, 3.63) is 76.9 Å². The SMILES string of the molecule is CC(C)c1ccc2c(c1)CCN(C(C)(C)C(=O)Nc1ccc(C#N)c3ccccc13)C2=O. The number of carbonyl (C=O) groups is 2. The zero-order chi connectivity index (χ0) is 23.0. The second kappa shape index (κ2) is 8.12. The van der Waals surface area contributed by atoms with Crippen LogP contribution < -0.4 is 5.32 Å². The van der Waals surface area contributed by atoms with Crippen LogP contribution in [0, 0.1) is 11.3 Å². The summed E-state index contributed by atoms with van der Waals surface area (Å²) in [6, 6.07) is 19.1. The lowest BCUT2D eigenvalue weighted by Gasteiger charge is -2.40. The van der Waals surface area contributed by atoms with Crippen molar-refractivity contribution in [3.63, 3.8) is 0 Å². The highest BCUT2D eigenvalue weighted by molar-refractivity contribution is 6.08. The molecule has 32 heavy (non-hydrogen) atoms. The van der Waals surface area contributed by atoms with Crippen LogP contribution >= 0.6 is 0 Å². The van der Waals surface area contributed by atoms with E-state index in [1.807, 2.05) is 36.4 Å². The number of nitrogens with zero attached hydrogens (tertiary/aromatic N) is 2. The van der Waals surface area contributed by atoms with Crippen LogP contribution in [-0.2, 0) is 11.2 Å². The van der Waals surface area contributed by atoms with Gasteiger partial charge in [0.2, 0.25) is 5.91 Å². The number of hydrogen-bond acceptors (Lipinski definition) is 3. The van der Waals surface area contributed by atoms with Gasteiger partial charge in [-0.05, 0) is 55.5 Å². The summed E-state index contributed by atoms with van der Waals surface area (Å²) in [6.07, 6.45) is 0.720. The number of nitriles is 1. The van der Waals surface area contributed by atoms with Gasteiger partial charge in [0.05, 0.1) is 11.6 Å². The maximum atomic E-state index is 13.4. The predicted molar refractivity (Wildman–Crippen MR) is 127 cm³/mol. The monoisotopic (exact) mass is 425 g/mol. The minimum absolute atomic E-state index is 0.119. The summed E-state index contributed by atoms with van der Waals surface area (Å²) < 4.78 is 0. The second-order valence-corrected chi connectivity index (χ2v) is 9.11. The standard InChI is InChI=1S/C27H27N3O2/c1-17(2)18-9-11-22-19(15-18)13-14-30(25(22)31)27(3,4)26(32)29-24-12-10-20(16-28)21-7-5-6-8-23(21)24/h5-12,15,17H,13-14H2,1-4H3,(H,29,32). The molecule has 5 heteroatoms. The third-order valence-corrected chi connectivity index (χ3v) is 6.40. The van der Waals surface area contributed by atoms with Crippen molar-refractivity contribution < 1.29 is 9.59 Å². The van der Waals surface area contributed by atoms with E-state index in [1.54, 1.807) is 30.9 Å². The molecule has 5 nitrogen and oxygen atoms in total. The van der Waals surface area contributed by atoms with Crippen molar-refractivity contribution in [2.24, 2.45) is 0 Å². The fourth-order valence-electron chi connectivity index (χ4n) is 4.30. The molecular weight excluding hydrogens is 398 g/mol. The largest absolute Gasteiger partial charge is 0.324 e. The molecule has 3 aromatic carbocycles. The lowest BCUT2D eigenvalue weighted by Crippen LogP contribution is -2.57. The molecule has 0 bridgehead atoms. The van der Waals surface area contributed by atoms with E-state index >= 15 is 0 Å². The first-order chi connectivity index (χ1) is 15.2. The molecule has 1 heterocycles. The van der Waals surface area contributed by atoms with Gasteiger partial charge in [-0.25, -0.2) is 0 Å². The number of anilines is 1. The van der Waals surface area contributed by atoms with Crippen LogP contribution in [0.3, 0.4) is 0 Å². The lowest BCUT2D eigenvalue weighted by molar-refractivity contribution is -0.125. The average molecular weight is 426 g/mol. The van der Waals surface area contributed by atoms with Gasteiger partial charge in [-0.3, -0.25) is 9.59 Å². The van der Waals surface area contributed by atoms with Crippen molar-refractivity contribution in [3.8, 4) is 6.07 Å². The van der Waals surface area contributed by atoms with Gasteiger partial charge in [-0.2, -0.15) is 5.26 Å². The smallest absolute Gasteiger partial charge is 0.255 e. The Kier molecular flexibility index (Phi) is 5.48. The molecule has 0 spiro atoms. The first-order valence-corrected chi connectivity index (χ1v) is 10.9. The van der Waals surface area contributed by atoms with Crippen LogP contribution in [0.2, 0.25) is 0 Å². The van der Waals surface area contributed by atoms with Crippen LogP contribution in [0.25, 0.3) is 10.8 Å².